The first kappa shape index (κ1) is 4.55. The number of rotatable bonds is 0. The van der Waals surface area contributed by atoms with Gasteiger partial charge < -0.3 is 4.98 Å². The molecule has 0 fully saturated rings. The molecule has 4 heteroatoms. The Balaban J connectivity index is 3.59. The lowest BCUT2D eigenvalue weighted by Crippen LogP contribution is -2.22. The molecule has 0 radical (unpaired) electrons. The summed E-state index contributed by atoms with van der Waals surface area (Å²) in [6, 6.07) is 0. The number of aromatic amines is 2. The van der Waals surface area contributed by atoms with Gasteiger partial charge in [-0.3, -0.25) is 9.78 Å². The first-order valence-electron chi connectivity index (χ1n) is 2.88. The van der Waals surface area contributed by atoms with Gasteiger partial charge in [0.25, 0.3) is 5.56 Å². The fourth-order valence-corrected chi connectivity index (χ4v) is 0.442. The summed E-state index contributed by atoms with van der Waals surface area (Å²) in [6.07, 6.45) is 1.17. The van der Waals surface area contributed by atoms with Crippen LogP contribution in [0.15, 0.2) is 15.8 Å². The van der Waals surface area contributed by atoms with Crippen LogP contribution in [0.25, 0.3) is 0 Å². The Morgan fingerprint density at radius 1 is 1.67 bits per heavy atom. The van der Waals surface area contributed by atoms with Crippen LogP contribution in [0.3, 0.4) is 0 Å². The standard InChI is InChI=1S/C5H6N2O2/c1-3-2-6-5(9)7-4(3)8/h2H,1H3,(H2,6,7,8,9)/i/hT. The molecule has 0 aromatic carbocycles. The molecule has 48 valence electrons. The molecule has 0 amide bonds. The van der Waals surface area contributed by atoms with E-state index in [4.69, 9.17) is 1.41 Å². The van der Waals surface area contributed by atoms with Crippen molar-refractivity contribution in [2.75, 3.05) is 0 Å². The zero-order valence-electron chi connectivity index (χ0n) is 5.84. The van der Waals surface area contributed by atoms with Crippen molar-refractivity contribution in [1.29, 1.82) is 0 Å². The Bertz CT molecular complexity index is 320. The second-order valence-corrected chi connectivity index (χ2v) is 1.70. The molecule has 0 aliphatic rings. The quantitative estimate of drug-likeness (QED) is 0.488. The first-order chi connectivity index (χ1) is 4.61. The lowest BCUT2D eigenvalue weighted by atomic mass is 10.4. The van der Waals surface area contributed by atoms with Gasteiger partial charge >= 0.3 is 5.69 Å². The number of H-pyrrole nitrogens is 2. The summed E-state index contributed by atoms with van der Waals surface area (Å²) in [5, 5.41) is 0. The van der Waals surface area contributed by atoms with E-state index in [0.717, 1.165) is 0 Å². The molecule has 0 unspecified atom stereocenters. The maximum atomic E-state index is 10.6. The highest BCUT2D eigenvalue weighted by Crippen LogP contribution is 1.73. The molecule has 1 rings (SSSR count). The van der Waals surface area contributed by atoms with E-state index in [0.29, 0.717) is 10.5 Å². The summed E-state index contributed by atoms with van der Waals surface area (Å²) in [4.78, 5) is 23.7. The van der Waals surface area contributed by atoms with E-state index in [2.05, 4.69) is 0 Å². The number of aromatic nitrogens is 2. The highest BCUT2D eigenvalue weighted by atomic mass is 16.2. The molecule has 0 saturated heterocycles. The summed E-state index contributed by atoms with van der Waals surface area (Å²) in [5.41, 5.74) is -0.793. The largest absolute Gasteiger partial charge is 0.325 e. The van der Waals surface area contributed by atoms with Crippen molar-refractivity contribution in [3.63, 3.8) is 0 Å². The van der Waals surface area contributed by atoms with Crippen molar-refractivity contribution in [2.45, 2.75) is 6.92 Å². The Kier molecular flexibility index (Phi) is 0.955. The third-order valence-corrected chi connectivity index (χ3v) is 0.954. The second kappa shape index (κ2) is 1.89. The van der Waals surface area contributed by atoms with Crippen molar-refractivity contribution in [3.05, 3.63) is 32.6 Å². The minimum atomic E-state index is -0.712. The molecular formula is C5H6N2O2. The molecule has 0 spiro atoms. The predicted molar refractivity (Wildman–Crippen MR) is 32.4 cm³/mol. The van der Waals surface area contributed by atoms with E-state index >= 15 is 0 Å². The number of hydrogen-bond donors (Lipinski definition) is 2. The minimum absolute atomic E-state index is 0.356. The zero-order chi connectivity index (χ0) is 7.72. The second-order valence-electron chi connectivity index (χ2n) is 1.70. The smallest absolute Gasteiger partial charge is 0.314 e. The van der Waals surface area contributed by atoms with Crippen LogP contribution in [0, 0.1) is 6.92 Å². The van der Waals surface area contributed by atoms with Crippen LogP contribution in [0.4, 0.5) is 0 Å². The highest BCUT2D eigenvalue weighted by molar-refractivity contribution is 4.98. The van der Waals surface area contributed by atoms with Crippen LogP contribution in [0.5, 0.6) is 0 Å². The van der Waals surface area contributed by atoms with E-state index in [-0.39, 0.29) is 0 Å². The van der Waals surface area contributed by atoms with E-state index < -0.39 is 11.2 Å². The summed E-state index contributed by atoms with van der Waals surface area (Å²) in [5.74, 6) is 0. The molecule has 1 heterocycles. The Labute approximate surface area is 52.0 Å². The van der Waals surface area contributed by atoms with Crippen molar-refractivity contribution in [2.24, 2.45) is 0 Å². The van der Waals surface area contributed by atoms with Crippen LogP contribution < -0.4 is 11.2 Å². The lowest BCUT2D eigenvalue weighted by Gasteiger charge is -1.84. The van der Waals surface area contributed by atoms with Gasteiger partial charge in [-0.1, -0.05) is 0 Å². The van der Waals surface area contributed by atoms with Gasteiger partial charge in [0.05, 0.1) is 0 Å². The van der Waals surface area contributed by atoms with Crippen LogP contribution in [0.2, 0.25) is 1.41 Å². The van der Waals surface area contributed by atoms with Gasteiger partial charge in [-0.05, 0) is 6.92 Å². The molecule has 0 bridgehead atoms. The average Bonchev–Trinajstić information content (AvgIpc) is 1.84. The van der Waals surface area contributed by atoms with Gasteiger partial charge in [-0.15, -0.1) is 0 Å². The number of hydrogen-bond acceptors (Lipinski definition) is 2. The third kappa shape index (κ3) is 1.07. The van der Waals surface area contributed by atoms with Crippen molar-refractivity contribution >= 4 is 0 Å². The Morgan fingerprint density at radius 3 is 2.89 bits per heavy atom. The Morgan fingerprint density at radius 2 is 2.33 bits per heavy atom. The normalized spacial score (nSPS) is 11.0. The summed E-state index contributed by atoms with van der Waals surface area (Å²) in [6.45, 7) is 1.53. The van der Waals surface area contributed by atoms with E-state index in [1.54, 1.807) is 0 Å². The SMILES string of the molecule is [3H]n1cc(C)c(=O)[nH]c1=O. The summed E-state index contributed by atoms with van der Waals surface area (Å²) in [7, 11) is 0. The highest BCUT2D eigenvalue weighted by Gasteiger charge is 1.88. The fourth-order valence-electron chi connectivity index (χ4n) is 0.442. The third-order valence-electron chi connectivity index (χ3n) is 0.954. The minimum Gasteiger partial charge on any atom is -0.314 e. The molecule has 0 aliphatic carbocycles. The van der Waals surface area contributed by atoms with Gasteiger partial charge in [0, 0.05) is 11.8 Å². The molecule has 0 saturated carbocycles. The first-order valence-corrected chi connectivity index (χ1v) is 2.43. The van der Waals surface area contributed by atoms with Crippen LogP contribution >= 0.6 is 0 Å². The molecule has 1 aromatic rings. The lowest BCUT2D eigenvalue weighted by molar-refractivity contribution is 1.01. The topological polar surface area (TPSA) is 65.7 Å². The molecule has 2 N–H and O–H groups in total. The number of nitrogens with one attached hydrogen (secondary N) is 2. The maximum absolute atomic E-state index is 10.6. The predicted octanol–water partition coefficient (Wildman–Crippen LogP) is -0.628. The number of aryl methyl sites for hydroxylation is 1. The monoisotopic (exact) mass is 128 g/mol. The Hall–Kier alpha value is -1.32. The fraction of sp³-hybridized carbons (Fsp3) is 0.200. The van der Waals surface area contributed by atoms with E-state index in [1.807, 2.05) is 4.98 Å². The maximum Gasteiger partial charge on any atom is 0.325 e. The average molecular weight is 128 g/mol. The van der Waals surface area contributed by atoms with Crippen molar-refractivity contribution in [3.8, 4) is 0 Å². The molecule has 0 aliphatic heterocycles. The van der Waals surface area contributed by atoms with Gasteiger partial charge in [-0.25, -0.2) is 4.79 Å². The summed E-state index contributed by atoms with van der Waals surface area (Å²) < 4.78 is 6.89. The van der Waals surface area contributed by atoms with Gasteiger partial charge in [-0.2, -0.15) is 0 Å². The van der Waals surface area contributed by atoms with Gasteiger partial charge in [0.1, 0.15) is 0 Å². The molecule has 4 nitrogen and oxygen atoms in total. The molecule has 1 aromatic heterocycles. The van der Waals surface area contributed by atoms with Crippen LogP contribution in [-0.2, 0) is 0 Å². The summed E-state index contributed by atoms with van der Waals surface area (Å²) >= 11 is 0. The van der Waals surface area contributed by atoms with Gasteiger partial charge in [0.15, 0.2) is 1.41 Å². The molecule has 9 heavy (non-hydrogen) atoms. The van der Waals surface area contributed by atoms with E-state index in [1.165, 1.54) is 13.1 Å². The van der Waals surface area contributed by atoms with Crippen LogP contribution in [-0.4, -0.2) is 9.96 Å². The van der Waals surface area contributed by atoms with Crippen molar-refractivity contribution in [1.82, 2.24) is 9.96 Å². The van der Waals surface area contributed by atoms with Gasteiger partial charge in [0.2, 0.25) is 0 Å². The molecular weight excluding hydrogens is 120 g/mol. The zero-order valence-corrected chi connectivity index (χ0v) is 4.84. The van der Waals surface area contributed by atoms with E-state index in [9.17, 15) is 9.59 Å². The van der Waals surface area contributed by atoms with Crippen molar-refractivity contribution < 1.29 is 1.41 Å². The molecule has 0 atom stereocenters. The van der Waals surface area contributed by atoms with Crippen LogP contribution in [0.1, 0.15) is 5.56 Å².